The molecule has 0 aliphatic heterocycles. The van der Waals surface area contributed by atoms with Gasteiger partial charge in [0.25, 0.3) is 5.91 Å². The predicted molar refractivity (Wildman–Crippen MR) is 71.1 cm³/mol. The van der Waals surface area contributed by atoms with E-state index in [0.29, 0.717) is 11.3 Å². The fourth-order valence-electron chi connectivity index (χ4n) is 1.72. The summed E-state index contributed by atoms with van der Waals surface area (Å²) in [5.74, 6) is -1.39. The fourth-order valence-corrected chi connectivity index (χ4v) is 2.44. The first-order chi connectivity index (χ1) is 8.99. The fraction of sp³-hybridized carbons (Fsp3) is 0.250. The molecule has 0 saturated carbocycles. The predicted octanol–water partition coefficient (Wildman–Crippen LogP) is 1.31. The number of rotatable bonds is 4. The lowest BCUT2D eigenvalue weighted by Gasteiger charge is -2.13. The number of hydrogen-bond acceptors (Lipinski definition) is 4. The van der Waals surface area contributed by atoms with Gasteiger partial charge in [-0.05, 0) is 11.4 Å². The van der Waals surface area contributed by atoms with Crippen molar-refractivity contribution in [1.29, 1.82) is 0 Å². The van der Waals surface area contributed by atoms with Gasteiger partial charge >= 0.3 is 5.97 Å². The average Bonchev–Trinajstić information content (AvgIpc) is 2.95. The molecule has 100 valence electrons. The van der Waals surface area contributed by atoms with E-state index in [1.54, 1.807) is 17.9 Å². The minimum atomic E-state index is -1.04. The lowest BCUT2D eigenvalue weighted by Crippen LogP contribution is -2.32. The lowest BCUT2D eigenvalue weighted by atomic mass is 10.2. The monoisotopic (exact) mass is 279 g/mol. The standard InChI is InChI=1S/C12H13N3O3S/c1-14(7-10(16)17)12(18)8-6-15(2)13-11(8)9-4-3-5-19-9/h3-6H,7H2,1-2H3,(H,16,17). The van der Waals surface area contributed by atoms with Crippen LogP contribution in [0.25, 0.3) is 10.6 Å². The van der Waals surface area contributed by atoms with Crippen LogP contribution in [0.1, 0.15) is 10.4 Å². The van der Waals surface area contributed by atoms with E-state index in [1.165, 1.54) is 18.4 Å². The Labute approximate surface area is 113 Å². The summed E-state index contributed by atoms with van der Waals surface area (Å²) in [5.41, 5.74) is 0.994. The van der Waals surface area contributed by atoms with Crippen LogP contribution in [0, 0.1) is 0 Å². The molecule has 2 aromatic rings. The molecule has 7 heteroatoms. The number of nitrogens with zero attached hydrogens (tertiary/aromatic N) is 3. The lowest BCUT2D eigenvalue weighted by molar-refractivity contribution is -0.137. The summed E-state index contributed by atoms with van der Waals surface area (Å²) in [6.45, 7) is -0.336. The van der Waals surface area contributed by atoms with Crippen molar-refractivity contribution >= 4 is 23.2 Å². The number of thiophene rings is 1. The number of carbonyl (C=O) groups is 2. The van der Waals surface area contributed by atoms with E-state index in [0.717, 1.165) is 9.78 Å². The summed E-state index contributed by atoms with van der Waals surface area (Å²) in [6.07, 6.45) is 1.61. The Morgan fingerprint density at radius 1 is 1.53 bits per heavy atom. The third-order valence-corrected chi connectivity index (χ3v) is 3.41. The SMILES string of the molecule is CN(CC(=O)O)C(=O)c1cn(C)nc1-c1cccs1. The number of aliphatic carboxylic acids is 1. The first kappa shape index (κ1) is 13.3. The third kappa shape index (κ3) is 2.82. The molecule has 1 amide bonds. The van der Waals surface area contributed by atoms with Crippen LogP contribution in [-0.4, -0.2) is 45.3 Å². The van der Waals surface area contributed by atoms with E-state index in [-0.39, 0.29) is 12.5 Å². The second-order valence-corrected chi connectivity index (χ2v) is 5.04. The zero-order valence-electron chi connectivity index (χ0n) is 10.5. The Bertz CT molecular complexity index is 604. The Hall–Kier alpha value is -2.15. The van der Waals surface area contributed by atoms with Gasteiger partial charge in [-0.3, -0.25) is 14.3 Å². The van der Waals surface area contributed by atoms with Crippen molar-refractivity contribution in [1.82, 2.24) is 14.7 Å². The van der Waals surface area contributed by atoms with Gasteiger partial charge in [0.05, 0.1) is 10.4 Å². The summed E-state index contributed by atoms with van der Waals surface area (Å²) in [7, 11) is 3.19. The molecule has 2 aromatic heterocycles. The maximum atomic E-state index is 12.2. The quantitative estimate of drug-likeness (QED) is 0.915. The number of likely N-dealkylation sites (N-methyl/N-ethyl adjacent to an activating group) is 1. The number of carboxylic acid groups (broad SMARTS) is 1. The molecule has 19 heavy (non-hydrogen) atoms. The van der Waals surface area contributed by atoms with E-state index < -0.39 is 5.97 Å². The molecular formula is C12H13N3O3S. The van der Waals surface area contributed by atoms with E-state index in [1.807, 2.05) is 17.5 Å². The Morgan fingerprint density at radius 2 is 2.26 bits per heavy atom. The van der Waals surface area contributed by atoms with Crippen molar-refractivity contribution in [2.75, 3.05) is 13.6 Å². The normalized spacial score (nSPS) is 10.4. The summed E-state index contributed by atoms with van der Waals surface area (Å²) >= 11 is 1.48. The van der Waals surface area contributed by atoms with Crippen molar-refractivity contribution in [3.63, 3.8) is 0 Å². The molecule has 0 aliphatic rings. The molecule has 0 unspecified atom stereocenters. The van der Waals surface area contributed by atoms with Crippen LogP contribution < -0.4 is 0 Å². The highest BCUT2D eigenvalue weighted by Gasteiger charge is 2.22. The number of aromatic nitrogens is 2. The van der Waals surface area contributed by atoms with Gasteiger partial charge in [-0.1, -0.05) is 6.07 Å². The van der Waals surface area contributed by atoms with Crippen LogP contribution in [0.5, 0.6) is 0 Å². The topological polar surface area (TPSA) is 75.4 Å². The molecule has 6 nitrogen and oxygen atoms in total. The summed E-state index contributed by atoms with van der Waals surface area (Å²) < 4.78 is 1.55. The second-order valence-electron chi connectivity index (χ2n) is 4.10. The number of carbonyl (C=O) groups excluding carboxylic acids is 1. The molecule has 0 spiro atoms. The Morgan fingerprint density at radius 3 is 2.84 bits per heavy atom. The first-order valence-electron chi connectivity index (χ1n) is 5.54. The van der Waals surface area contributed by atoms with Crippen molar-refractivity contribution < 1.29 is 14.7 Å². The number of hydrogen-bond donors (Lipinski definition) is 1. The molecule has 0 atom stereocenters. The summed E-state index contributed by atoms with van der Waals surface area (Å²) in [6, 6.07) is 3.75. The van der Waals surface area contributed by atoms with Gasteiger partial charge in [-0.2, -0.15) is 5.10 Å². The largest absolute Gasteiger partial charge is 0.480 e. The van der Waals surface area contributed by atoms with Gasteiger partial charge in [0.2, 0.25) is 0 Å². The first-order valence-corrected chi connectivity index (χ1v) is 6.41. The number of carboxylic acids is 1. The van der Waals surface area contributed by atoms with Gasteiger partial charge in [0.15, 0.2) is 0 Å². The number of aryl methyl sites for hydroxylation is 1. The molecule has 1 N–H and O–H groups in total. The average molecular weight is 279 g/mol. The van der Waals surface area contributed by atoms with E-state index in [4.69, 9.17) is 5.11 Å². The molecule has 0 radical (unpaired) electrons. The molecule has 0 aromatic carbocycles. The molecule has 0 saturated heterocycles. The van der Waals surface area contributed by atoms with Crippen LogP contribution in [0.3, 0.4) is 0 Å². The van der Waals surface area contributed by atoms with Gasteiger partial charge in [0.1, 0.15) is 12.2 Å². The summed E-state index contributed by atoms with van der Waals surface area (Å²) in [4.78, 5) is 24.9. The molecule has 0 fully saturated rings. The van der Waals surface area contributed by atoms with Crippen LogP contribution in [-0.2, 0) is 11.8 Å². The molecule has 2 heterocycles. The van der Waals surface area contributed by atoms with Crippen LogP contribution in [0.15, 0.2) is 23.7 Å². The van der Waals surface area contributed by atoms with Crippen LogP contribution in [0.4, 0.5) is 0 Å². The zero-order valence-corrected chi connectivity index (χ0v) is 11.3. The maximum Gasteiger partial charge on any atom is 0.323 e. The number of amides is 1. The summed E-state index contributed by atoms with van der Waals surface area (Å²) in [5, 5.41) is 14.9. The smallest absolute Gasteiger partial charge is 0.323 e. The van der Waals surface area contributed by atoms with Crippen molar-refractivity contribution in [3.05, 3.63) is 29.3 Å². The van der Waals surface area contributed by atoms with Crippen molar-refractivity contribution in [2.45, 2.75) is 0 Å². The minimum absolute atomic E-state index is 0.336. The van der Waals surface area contributed by atoms with Crippen molar-refractivity contribution in [2.24, 2.45) is 7.05 Å². The van der Waals surface area contributed by atoms with Crippen LogP contribution in [0.2, 0.25) is 0 Å². The third-order valence-electron chi connectivity index (χ3n) is 2.53. The highest BCUT2D eigenvalue weighted by molar-refractivity contribution is 7.13. The van der Waals surface area contributed by atoms with E-state index in [2.05, 4.69) is 5.10 Å². The van der Waals surface area contributed by atoms with Gasteiger partial charge < -0.3 is 10.0 Å². The minimum Gasteiger partial charge on any atom is -0.480 e. The van der Waals surface area contributed by atoms with Gasteiger partial charge in [-0.15, -0.1) is 11.3 Å². The Kier molecular flexibility index (Phi) is 3.66. The van der Waals surface area contributed by atoms with E-state index in [9.17, 15) is 9.59 Å². The second kappa shape index (κ2) is 5.23. The van der Waals surface area contributed by atoms with Crippen LogP contribution >= 0.6 is 11.3 Å². The maximum absolute atomic E-state index is 12.2. The van der Waals surface area contributed by atoms with E-state index >= 15 is 0 Å². The molecular weight excluding hydrogens is 266 g/mol. The zero-order chi connectivity index (χ0) is 14.0. The molecule has 0 bridgehead atoms. The molecule has 2 rings (SSSR count). The molecule has 0 aliphatic carbocycles. The van der Waals surface area contributed by atoms with Gasteiger partial charge in [-0.25, -0.2) is 0 Å². The Balaban J connectivity index is 2.35. The highest BCUT2D eigenvalue weighted by atomic mass is 32.1. The van der Waals surface area contributed by atoms with Crippen molar-refractivity contribution in [3.8, 4) is 10.6 Å². The van der Waals surface area contributed by atoms with Gasteiger partial charge in [0, 0.05) is 20.3 Å². The highest BCUT2D eigenvalue weighted by Crippen LogP contribution is 2.27.